The first kappa shape index (κ1) is 10.6. The lowest BCUT2D eigenvalue weighted by molar-refractivity contribution is -0.142. The van der Waals surface area contributed by atoms with Gasteiger partial charge in [0.25, 0.3) is 0 Å². The van der Waals surface area contributed by atoms with Crippen LogP contribution in [-0.2, 0) is 11.2 Å². The molecule has 0 saturated carbocycles. The number of para-hydroxylation sites is 1. The van der Waals surface area contributed by atoms with Crippen molar-refractivity contribution >= 4 is 11.7 Å². The highest BCUT2D eigenvalue weighted by Crippen LogP contribution is 2.38. The van der Waals surface area contributed by atoms with E-state index in [1.807, 2.05) is 12.1 Å². The summed E-state index contributed by atoms with van der Waals surface area (Å²) in [6, 6.07) is 8.45. The average molecular weight is 231 g/mol. The van der Waals surface area contributed by atoms with Crippen molar-refractivity contribution in [2.75, 3.05) is 11.4 Å². The van der Waals surface area contributed by atoms with Gasteiger partial charge in [0, 0.05) is 18.3 Å². The summed E-state index contributed by atoms with van der Waals surface area (Å²) in [4.78, 5) is 13.7. The molecule has 1 aromatic rings. The standard InChI is InChI=1S/C14H17NO2/c16-14(17)11-9-10-5-1-2-6-12(10)15-8-4-3-7-13(11)15/h1-2,5-6,11,13H,3-4,7-9H2,(H,16,17)/t11-,13+/m0/s1. The molecule has 0 bridgehead atoms. The summed E-state index contributed by atoms with van der Waals surface area (Å²) in [5.74, 6) is -0.874. The van der Waals surface area contributed by atoms with Crippen molar-refractivity contribution in [3.05, 3.63) is 29.8 Å². The van der Waals surface area contributed by atoms with Crippen LogP contribution in [0.5, 0.6) is 0 Å². The van der Waals surface area contributed by atoms with E-state index < -0.39 is 5.97 Å². The Morgan fingerprint density at radius 1 is 1.29 bits per heavy atom. The van der Waals surface area contributed by atoms with Gasteiger partial charge >= 0.3 is 5.97 Å². The fourth-order valence-corrected chi connectivity index (χ4v) is 3.26. The number of carboxylic acids is 1. The predicted molar refractivity (Wildman–Crippen MR) is 66.3 cm³/mol. The molecule has 0 aromatic heterocycles. The van der Waals surface area contributed by atoms with Crippen LogP contribution in [0.4, 0.5) is 5.69 Å². The van der Waals surface area contributed by atoms with Crippen LogP contribution in [0.1, 0.15) is 24.8 Å². The molecule has 3 nitrogen and oxygen atoms in total. The number of aliphatic carboxylic acids is 1. The molecule has 3 heteroatoms. The van der Waals surface area contributed by atoms with Gasteiger partial charge < -0.3 is 10.0 Å². The van der Waals surface area contributed by atoms with E-state index >= 15 is 0 Å². The van der Waals surface area contributed by atoms with E-state index in [1.54, 1.807) is 0 Å². The molecule has 1 N–H and O–H groups in total. The van der Waals surface area contributed by atoms with Crippen LogP contribution in [0.2, 0.25) is 0 Å². The summed E-state index contributed by atoms with van der Waals surface area (Å²) in [6.45, 7) is 1.01. The van der Waals surface area contributed by atoms with E-state index in [1.165, 1.54) is 17.7 Å². The van der Waals surface area contributed by atoms with E-state index in [0.717, 1.165) is 19.4 Å². The van der Waals surface area contributed by atoms with Crippen LogP contribution in [0.15, 0.2) is 24.3 Å². The minimum atomic E-state index is -0.642. The number of nitrogens with zero attached hydrogens (tertiary/aromatic N) is 1. The largest absolute Gasteiger partial charge is 0.481 e. The molecule has 1 saturated heterocycles. The number of benzene rings is 1. The summed E-state index contributed by atoms with van der Waals surface area (Å²) in [6.07, 6.45) is 4.04. The molecule has 0 spiro atoms. The van der Waals surface area contributed by atoms with Gasteiger partial charge in [-0.25, -0.2) is 0 Å². The third-order valence-corrected chi connectivity index (χ3v) is 4.07. The van der Waals surface area contributed by atoms with Gasteiger partial charge in [-0.05, 0) is 37.3 Å². The summed E-state index contributed by atoms with van der Waals surface area (Å²) in [5, 5.41) is 9.38. The van der Waals surface area contributed by atoms with Crippen LogP contribution in [0.25, 0.3) is 0 Å². The molecule has 0 radical (unpaired) electrons. The Balaban J connectivity index is 2.03. The zero-order valence-electron chi connectivity index (χ0n) is 9.80. The lowest BCUT2D eigenvalue weighted by Crippen LogP contribution is -2.50. The molecule has 2 aliphatic heterocycles. The lowest BCUT2D eigenvalue weighted by atomic mass is 9.81. The summed E-state index contributed by atoms with van der Waals surface area (Å²) >= 11 is 0. The Labute approximate surface area is 101 Å². The minimum absolute atomic E-state index is 0.205. The zero-order valence-corrected chi connectivity index (χ0v) is 9.80. The first-order valence-electron chi connectivity index (χ1n) is 6.35. The first-order chi connectivity index (χ1) is 8.27. The first-order valence-corrected chi connectivity index (χ1v) is 6.35. The second kappa shape index (κ2) is 4.06. The number of piperidine rings is 1. The fraction of sp³-hybridized carbons (Fsp3) is 0.500. The fourth-order valence-electron chi connectivity index (χ4n) is 3.26. The molecule has 0 amide bonds. The Kier molecular flexibility index (Phi) is 2.54. The highest BCUT2D eigenvalue weighted by Gasteiger charge is 2.39. The lowest BCUT2D eigenvalue weighted by Gasteiger charge is -2.45. The molecule has 0 aliphatic carbocycles. The van der Waals surface area contributed by atoms with Gasteiger partial charge in [0.15, 0.2) is 0 Å². The van der Waals surface area contributed by atoms with E-state index in [-0.39, 0.29) is 12.0 Å². The third kappa shape index (κ3) is 1.70. The van der Waals surface area contributed by atoms with E-state index in [9.17, 15) is 9.90 Å². The van der Waals surface area contributed by atoms with Crippen LogP contribution >= 0.6 is 0 Å². The van der Waals surface area contributed by atoms with Crippen molar-refractivity contribution in [1.82, 2.24) is 0 Å². The van der Waals surface area contributed by atoms with Crippen LogP contribution < -0.4 is 4.90 Å². The number of hydrogen-bond acceptors (Lipinski definition) is 2. The Hall–Kier alpha value is -1.51. The highest BCUT2D eigenvalue weighted by atomic mass is 16.4. The summed E-state index contributed by atoms with van der Waals surface area (Å²) in [7, 11) is 0. The van der Waals surface area contributed by atoms with Gasteiger partial charge in [0.2, 0.25) is 0 Å². The SMILES string of the molecule is O=C(O)[C@H]1Cc2ccccc2N2CCCC[C@H]12. The molecular formula is C14H17NO2. The Bertz CT molecular complexity index is 444. The van der Waals surface area contributed by atoms with Crippen molar-refractivity contribution in [1.29, 1.82) is 0 Å². The second-order valence-corrected chi connectivity index (χ2v) is 5.03. The molecule has 2 atom stereocenters. The number of hydrogen-bond donors (Lipinski definition) is 1. The topological polar surface area (TPSA) is 40.5 Å². The van der Waals surface area contributed by atoms with Crippen molar-refractivity contribution in [3.63, 3.8) is 0 Å². The average Bonchev–Trinajstić information content (AvgIpc) is 2.37. The molecule has 1 aromatic carbocycles. The molecule has 1 fully saturated rings. The number of carboxylic acid groups (broad SMARTS) is 1. The maximum Gasteiger partial charge on any atom is 0.308 e. The highest BCUT2D eigenvalue weighted by molar-refractivity contribution is 5.75. The molecule has 17 heavy (non-hydrogen) atoms. The maximum atomic E-state index is 11.4. The monoisotopic (exact) mass is 231 g/mol. The smallest absolute Gasteiger partial charge is 0.308 e. The van der Waals surface area contributed by atoms with E-state index in [2.05, 4.69) is 17.0 Å². The van der Waals surface area contributed by atoms with Crippen LogP contribution in [-0.4, -0.2) is 23.7 Å². The quantitative estimate of drug-likeness (QED) is 0.806. The van der Waals surface area contributed by atoms with Crippen molar-refractivity contribution < 1.29 is 9.90 Å². The van der Waals surface area contributed by atoms with Gasteiger partial charge in [0.05, 0.1) is 5.92 Å². The number of carbonyl (C=O) groups is 1. The van der Waals surface area contributed by atoms with Gasteiger partial charge in [-0.15, -0.1) is 0 Å². The van der Waals surface area contributed by atoms with Crippen molar-refractivity contribution in [2.45, 2.75) is 31.7 Å². The maximum absolute atomic E-state index is 11.4. The number of fused-ring (bicyclic) bond motifs is 3. The third-order valence-electron chi connectivity index (χ3n) is 4.07. The van der Waals surface area contributed by atoms with Gasteiger partial charge in [-0.3, -0.25) is 4.79 Å². The van der Waals surface area contributed by atoms with Gasteiger partial charge in [-0.1, -0.05) is 18.2 Å². The molecule has 2 heterocycles. The Morgan fingerprint density at radius 2 is 2.12 bits per heavy atom. The zero-order chi connectivity index (χ0) is 11.8. The molecule has 90 valence electrons. The molecule has 2 aliphatic rings. The van der Waals surface area contributed by atoms with Crippen molar-refractivity contribution in [2.24, 2.45) is 5.92 Å². The second-order valence-electron chi connectivity index (χ2n) is 5.03. The normalized spacial score (nSPS) is 27.2. The summed E-state index contributed by atoms with van der Waals surface area (Å²) in [5.41, 5.74) is 2.45. The predicted octanol–water partition coefficient (Wildman–Crippen LogP) is 2.30. The van der Waals surface area contributed by atoms with Crippen LogP contribution in [0, 0.1) is 5.92 Å². The summed E-state index contributed by atoms with van der Waals surface area (Å²) < 4.78 is 0. The number of anilines is 1. The Morgan fingerprint density at radius 3 is 2.94 bits per heavy atom. The van der Waals surface area contributed by atoms with Crippen LogP contribution in [0.3, 0.4) is 0 Å². The molecular weight excluding hydrogens is 214 g/mol. The van der Waals surface area contributed by atoms with E-state index in [4.69, 9.17) is 0 Å². The molecule has 0 unspecified atom stereocenters. The minimum Gasteiger partial charge on any atom is -0.481 e. The van der Waals surface area contributed by atoms with Gasteiger partial charge in [-0.2, -0.15) is 0 Å². The van der Waals surface area contributed by atoms with Gasteiger partial charge in [0.1, 0.15) is 0 Å². The number of rotatable bonds is 1. The molecule has 3 rings (SSSR count). The van der Waals surface area contributed by atoms with Crippen molar-refractivity contribution in [3.8, 4) is 0 Å². The van der Waals surface area contributed by atoms with E-state index in [0.29, 0.717) is 6.42 Å².